The largest absolute Gasteiger partial charge is 0.483 e. The maximum Gasteiger partial charge on any atom is 0.260 e. The molecule has 0 fully saturated rings. The van der Waals surface area contributed by atoms with E-state index in [1.807, 2.05) is 19.3 Å². The number of nitrogens with zero attached hydrogens (tertiary/aromatic N) is 3. The van der Waals surface area contributed by atoms with Crippen LogP contribution >= 0.6 is 0 Å². The predicted octanol–water partition coefficient (Wildman–Crippen LogP) is 0.950. The number of rotatable bonds is 6. The minimum atomic E-state index is -0.133. The Morgan fingerprint density at radius 2 is 2.19 bits per heavy atom. The molecule has 0 aliphatic rings. The van der Waals surface area contributed by atoms with Crippen LogP contribution in [0.2, 0.25) is 0 Å². The molecule has 0 bridgehead atoms. The fourth-order valence-electron chi connectivity index (χ4n) is 1.94. The third-order valence-electron chi connectivity index (χ3n) is 3.10. The van der Waals surface area contributed by atoms with Gasteiger partial charge >= 0.3 is 0 Å². The van der Waals surface area contributed by atoms with Gasteiger partial charge in [0.15, 0.2) is 6.61 Å². The van der Waals surface area contributed by atoms with E-state index in [1.165, 1.54) is 0 Å². The van der Waals surface area contributed by atoms with E-state index >= 15 is 0 Å². The number of likely N-dealkylation sites (N-methyl/N-ethyl adjacent to an activating group) is 1. The van der Waals surface area contributed by atoms with Crippen molar-refractivity contribution in [3.8, 4) is 5.75 Å². The molecule has 6 heteroatoms. The molecular formula is C15H19N3O3. The van der Waals surface area contributed by atoms with Gasteiger partial charge in [0.2, 0.25) is 0 Å². The molecule has 2 aromatic rings. The highest BCUT2D eigenvalue weighted by Crippen LogP contribution is 2.17. The van der Waals surface area contributed by atoms with Crippen molar-refractivity contribution in [2.75, 3.05) is 13.7 Å². The molecule has 1 aromatic carbocycles. The molecule has 112 valence electrons. The lowest BCUT2D eigenvalue weighted by Crippen LogP contribution is -2.31. The number of hydrogen-bond acceptors (Lipinski definition) is 4. The lowest BCUT2D eigenvalue weighted by Gasteiger charge is -2.17. The maximum absolute atomic E-state index is 12.0. The van der Waals surface area contributed by atoms with Crippen LogP contribution in [0.5, 0.6) is 5.75 Å². The first kappa shape index (κ1) is 15.1. The number of carbonyl (C=O) groups is 1. The van der Waals surface area contributed by atoms with Crippen LogP contribution in [0.15, 0.2) is 36.7 Å². The van der Waals surface area contributed by atoms with Gasteiger partial charge in [-0.3, -0.25) is 9.48 Å². The number of aryl methyl sites for hydroxylation is 1. The Morgan fingerprint density at radius 1 is 1.43 bits per heavy atom. The van der Waals surface area contributed by atoms with Crippen molar-refractivity contribution < 1.29 is 14.6 Å². The number of aliphatic hydroxyl groups is 1. The minimum absolute atomic E-state index is 0.0617. The summed E-state index contributed by atoms with van der Waals surface area (Å²) in [7, 11) is 3.55. The second-order valence-corrected chi connectivity index (χ2v) is 4.83. The van der Waals surface area contributed by atoms with E-state index in [0.29, 0.717) is 17.9 Å². The molecule has 21 heavy (non-hydrogen) atoms. The highest BCUT2D eigenvalue weighted by atomic mass is 16.5. The molecule has 0 saturated carbocycles. The van der Waals surface area contributed by atoms with Gasteiger partial charge < -0.3 is 14.7 Å². The van der Waals surface area contributed by atoms with E-state index in [4.69, 9.17) is 4.74 Å². The number of ether oxygens (including phenoxy) is 1. The molecule has 1 heterocycles. The van der Waals surface area contributed by atoms with E-state index in [2.05, 4.69) is 5.10 Å². The van der Waals surface area contributed by atoms with Gasteiger partial charge in [-0.1, -0.05) is 18.2 Å². The van der Waals surface area contributed by atoms with Gasteiger partial charge in [0.1, 0.15) is 5.75 Å². The Morgan fingerprint density at radius 3 is 2.86 bits per heavy atom. The van der Waals surface area contributed by atoms with Crippen LogP contribution < -0.4 is 4.74 Å². The summed E-state index contributed by atoms with van der Waals surface area (Å²) < 4.78 is 7.18. The van der Waals surface area contributed by atoms with Gasteiger partial charge in [-0.05, 0) is 6.07 Å². The number of benzene rings is 1. The highest BCUT2D eigenvalue weighted by molar-refractivity contribution is 5.77. The predicted molar refractivity (Wildman–Crippen MR) is 77.5 cm³/mol. The van der Waals surface area contributed by atoms with Crippen molar-refractivity contribution in [1.82, 2.24) is 14.7 Å². The summed E-state index contributed by atoms with van der Waals surface area (Å²) in [4.78, 5) is 13.6. The lowest BCUT2D eigenvalue weighted by molar-refractivity contribution is -0.132. The van der Waals surface area contributed by atoms with Crippen LogP contribution in [0.25, 0.3) is 0 Å². The van der Waals surface area contributed by atoms with Crippen molar-refractivity contribution in [3.05, 3.63) is 47.8 Å². The van der Waals surface area contributed by atoms with E-state index < -0.39 is 0 Å². The smallest absolute Gasteiger partial charge is 0.260 e. The summed E-state index contributed by atoms with van der Waals surface area (Å²) in [5, 5.41) is 13.3. The first-order valence-electron chi connectivity index (χ1n) is 6.63. The van der Waals surface area contributed by atoms with Crippen molar-refractivity contribution >= 4 is 5.91 Å². The molecule has 0 unspecified atom stereocenters. The Bertz CT molecular complexity index is 610. The van der Waals surface area contributed by atoms with Crippen LogP contribution in [0, 0.1) is 0 Å². The van der Waals surface area contributed by atoms with Gasteiger partial charge in [0.25, 0.3) is 5.91 Å². The number of aromatic nitrogens is 2. The van der Waals surface area contributed by atoms with E-state index in [9.17, 15) is 9.90 Å². The van der Waals surface area contributed by atoms with E-state index in [0.717, 1.165) is 5.56 Å². The summed E-state index contributed by atoms with van der Waals surface area (Å²) in [6.45, 7) is 0.307. The van der Waals surface area contributed by atoms with Gasteiger partial charge in [0, 0.05) is 38.0 Å². The Labute approximate surface area is 123 Å². The monoisotopic (exact) mass is 289 g/mol. The quantitative estimate of drug-likeness (QED) is 0.860. The van der Waals surface area contributed by atoms with Gasteiger partial charge in [-0.25, -0.2) is 0 Å². The van der Waals surface area contributed by atoms with Crippen molar-refractivity contribution in [2.24, 2.45) is 7.05 Å². The molecule has 0 aliphatic heterocycles. The molecule has 0 radical (unpaired) electrons. The van der Waals surface area contributed by atoms with Gasteiger partial charge in [0.05, 0.1) is 12.8 Å². The summed E-state index contributed by atoms with van der Waals surface area (Å²) >= 11 is 0. The molecule has 2 rings (SSSR count). The first-order chi connectivity index (χ1) is 10.1. The fraction of sp³-hybridized carbons (Fsp3) is 0.333. The summed E-state index contributed by atoms with van der Waals surface area (Å²) in [6, 6.07) is 7.12. The van der Waals surface area contributed by atoms with Gasteiger partial charge in [-0.2, -0.15) is 5.10 Å². The second-order valence-electron chi connectivity index (χ2n) is 4.83. The molecule has 1 aromatic heterocycles. The third-order valence-corrected chi connectivity index (χ3v) is 3.10. The van der Waals surface area contributed by atoms with Crippen LogP contribution in [0.1, 0.15) is 11.1 Å². The molecular weight excluding hydrogens is 270 g/mol. The van der Waals surface area contributed by atoms with Crippen LogP contribution in [-0.4, -0.2) is 39.3 Å². The van der Waals surface area contributed by atoms with Crippen molar-refractivity contribution in [2.45, 2.75) is 13.2 Å². The maximum atomic E-state index is 12.0. The minimum Gasteiger partial charge on any atom is -0.483 e. The molecule has 1 N–H and O–H groups in total. The average Bonchev–Trinajstić information content (AvgIpc) is 2.90. The number of hydrogen-bond donors (Lipinski definition) is 1. The fourth-order valence-corrected chi connectivity index (χ4v) is 1.94. The summed E-state index contributed by atoms with van der Waals surface area (Å²) in [5.41, 5.74) is 1.63. The van der Waals surface area contributed by atoms with Crippen molar-refractivity contribution in [3.63, 3.8) is 0 Å². The van der Waals surface area contributed by atoms with Crippen molar-refractivity contribution in [1.29, 1.82) is 0 Å². The van der Waals surface area contributed by atoms with Crippen LogP contribution in [0.3, 0.4) is 0 Å². The number of carbonyl (C=O) groups excluding carboxylic acids is 1. The molecule has 1 amide bonds. The zero-order valence-electron chi connectivity index (χ0n) is 12.2. The summed E-state index contributed by atoms with van der Waals surface area (Å²) in [6.07, 6.45) is 3.59. The standard InChI is InChI=1S/C15H19N3O3/c1-17(8-12-7-16-18(2)9-12)15(20)11-21-14-6-4-3-5-13(14)10-19/h3-7,9,19H,8,10-11H2,1-2H3. The second kappa shape index (κ2) is 6.90. The lowest BCUT2D eigenvalue weighted by atomic mass is 10.2. The summed E-state index contributed by atoms with van der Waals surface area (Å²) in [5.74, 6) is 0.398. The third kappa shape index (κ3) is 4.06. The van der Waals surface area contributed by atoms with E-state index in [1.54, 1.807) is 41.0 Å². The SMILES string of the molecule is CN(Cc1cnn(C)c1)C(=O)COc1ccccc1CO. The Hall–Kier alpha value is -2.34. The number of para-hydroxylation sites is 1. The Kier molecular flexibility index (Phi) is 4.94. The average molecular weight is 289 g/mol. The van der Waals surface area contributed by atoms with Gasteiger partial charge in [-0.15, -0.1) is 0 Å². The first-order valence-corrected chi connectivity index (χ1v) is 6.63. The molecule has 0 spiro atoms. The molecule has 6 nitrogen and oxygen atoms in total. The Balaban J connectivity index is 1.89. The number of amides is 1. The zero-order chi connectivity index (χ0) is 15.2. The zero-order valence-corrected chi connectivity index (χ0v) is 12.2. The van der Waals surface area contributed by atoms with Crippen LogP contribution in [-0.2, 0) is 25.0 Å². The normalized spacial score (nSPS) is 10.4. The highest BCUT2D eigenvalue weighted by Gasteiger charge is 2.12. The molecule has 0 saturated heterocycles. The van der Waals surface area contributed by atoms with Crippen LogP contribution in [0.4, 0.5) is 0 Å². The molecule has 0 atom stereocenters. The topological polar surface area (TPSA) is 67.6 Å². The van der Waals surface area contributed by atoms with E-state index in [-0.39, 0.29) is 19.1 Å². The number of aliphatic hydroxyl groups excluding tert-OH is 1. The molecule has 0 aliphatic carbocycles.